The van der Waals surface area contributed by atoms with E-state index in [2.05, 4.69) is 48.6 Å². The Morgan fingerprint density at radius 3 is 2.50 bits per heavy atom. The average molecular weight is 268 g/mol. The lowest BCUT2D eigenvalue weighted by atomic mass is 9.72. The fourth-order valence-corrected chi connectivity index (χ4v) is 3.39. The minimum Gasteiger partial charge on any atom is -0.384 e. The van der Waals surface area contributed by atoms with Gasteiger partial charge in [0.2, 0.25) is 0 Å². The number of benzene rings is 2. The molecule has 2 nitrogen and oxygen atoms in total. The third kappa shape index (κ3) is 2.05. The Labute approximate surface area is 120 Å². The molecule has 0 bridgehead atoms. The molecule has 20 heavy (non-hydrogen) atoms. The summed E-state index contributed by atoms with van der Waals surface area (Å²) in [5.74, 6) is 0. The van der Waals surface area contributed by atoms with Gasteiger partial charge in [-0.1, -0.05) is 48.6 Å². The Kier molecular flexibility index (Phi) is 3.60. The molecule has 0 N–H and O–H groups in total. The number of hydrogen-bond acceptors (Lipinski definition) is 2. The molecule has 104 valence electrons. The van der Waals surface area contributed by atoms with Gasteiger partial charge in [0.1, 0.15) is 0 Å². The number of ether oxygens (including phenoxy) is 2. The molecule has 0 fully saturated rings. The Bertz CT molecular complexity index is 637. The van der Waals surface area contributed by atoms with Crippen LogP contribution in [0.3, 0.4) is 0 Å². The van der Waals surface area contributed by atoms with Gasteiger partial charge in [0.05, 0.1) is 13.2 Å². The van der Waals surface area contributed by atoms with Crippen LogP contribution in [0.2, 0.25) is 0 Å². The molecule has 0 saturated carbocycles. The quantitative estimate of drug-likeness (QED) is 0.840. The lowest BCUT2D eigenvalue weighted by Crippen LogP contribution is -2.38. The molecular formula is C18H20O2. The summed E-state index contributed by atoms with van der Waals surface area (Å²) in [5, 5.41) is 2.58. The van der Waals surface area contributed by atoms with Crippen molar-refractivity contribution in [3.05, 3.63) is 53.6 Å². The van der Waals surface area contributed by atoms with Crippen LogP contribution >= 0.6 is 0 Å². The van der Waals surface area contributed by atoms with Gasteiger partial charge in [-0.2, -0.15) is 0 Å². The minimum atomic E-state index is -0.0888. The van der Waals surface area contributed by atoms with Crippen molar-refractivity contribution in [3.8, 4) is 0 Å². The highest BCUT2D eigenvalue weighted by molar-refractivity contribution is 5.90. The van der Waals surface area contributed by atoms with E-state index in [4.69, 9.17) is 9.47 Å². The van der Waals surface area contributed by atoms with Gasteiger partial charge in [-0.05, 0) is 28.3 Å². The van der Waals surface area contributed by atoms with Crippen LogP contribution in [-0.2, 0) is 14.9 Å². The van der Waals surface area contributed by atoms with Crippen molar-refractivity contribution in [2.24, 2.45) is 0 Å². The summed E-state index contributed by atoms with van der Waals surface area (Å²) >= 11 is 0. The first kappa shape index (κ1) is 13.3. The van der Waals surface area contributed by atoms with E-state index in [-0.39, 0.29) is 5.41 Å². The normalized spacial score (nSPS) is 16.3. The molecule has 0 spiro atoms. The number of methoxy groups -OCH3 is 2. The molecule has 0 aliphatic heterocycles. The van der Waals surface area contributed by atoms with E-state index in [1.54, 1.807) is 14.2 Å². The van der Waals surface area contributed by atoms with Crippen molar-refractivity contribution in [2.45, 2.75) is 11.8 Å². The lowest BCUT2D eigenvalue weighted by Gasteiger charge is -2.36. The topological polar surface area (TPSA) is 18.5 Å². The summed E-state index contributed by atoms with van der Waals surface area (Å²) in [6, 6.07) is 12.9. The van der Waals surface area contributed by atoms with Gasteiger partial charge in [-0.25, -0.2) is 0 Å². The highest BCUT2D eigenvalue weighted by Crippen LogP contribution is 2.40. The molecule has 2 aromatic rings. The van der Waals surface area contributed by atoms with Gasteiger partial charge >= 0.3 is 0 Å². The molecular weight excluding hydrogens is 248 g/mol. The maximum absolute atomic E-state index is 5.53. The van der Waals surface area contributed by atoms with E-state index in [0.717, 1.165) is 6.42 Å². The third-order valence-corrected chi connectivity index (χ3v) is 4.14. The van der Waals surface area contributed by atoms with E-state index in [1.807, 2.05) is 0 Å². The van der Waals surface area contributed by atoms with Crippen LogP contribution in [0.1, 0.15) is 17.5 Å². The SMILES string of the molecule is COCC1(COC)CC=Cc2ccc3ccccc3c21. The van der Waals surface area contributed by atoms with Crippen LogP contribution < -0.4 is 0 Å². The molecule has 0 amide bonds. The maximum atomic E-state index is 5.53. The molecule has 0 atom stereocenters. The first-order valence-corrected chi connectivity index (χ1v) is 6.97. The zero-order valence-corrected chi connectivity index (χ0v) is 12.1. The fraction of sp³-hybridized carbons (Fsp3) is 0.333. The van der Waals surface area contributed by atoms with Gasteiger partial charge in [-0.15, -0.1) is 0 Å². The Hall–Kier alpha value is -1.64. The van der Waals surface area contributed by atoms with Gasteiger partial charge in [0.25, 0.3) is 0 Å². The summed E-state index contributed by atoms with van der Waals surface area (Å²) in [6.07, 6.45) is 5.40. The number of rotatable bonds is 4. The van der Waals surface area contributed by atoms with Gasteiger partial charge in [-0.3, -0.25) is 0 Å². The molecule has 2 heteroatoms. The fourth-order valence-electron chi connectivity index (χ4n) is 3.39. The summed E-state index contributed by atoms with van der Waals surface area (Å²) in [5.41, 5.74) is 2.56. The van der Waals surface area contributed by atoms with Crippen LogP contribution in [0.4, 0.5) is 0 Å². The van der Waals surface area contributed by atoms with Gasteiger partial charge < -0.3 is 9.47 Å². The first-order chi connectivity index (χ1) is 9.80. The van der Waals surface area contributed by atoms with E-state index in [1.165, 1.54) is 21.9 Å². The number of hydrogen-bond donors (Lipinski definition) is 0. The molecule has 0 aromatic heterocycles. The number of allylic oxidation sites excluding steroid dienone is 1. The van der Waals surface area contributed by atoms with Crippen LogP contribution in [0.25, 0.3) is 16.8 Å². The zero-order valence-electron chi connectivity index (χ0n) is 12.1. The summed E-state index contributed by atoms with van der Waals surface area (Å²) < 4.78 is 11.1. The van der Waals surface area contributed by atoms with Crippen LogP contribution in [0.5, 0.6) is 0 Å². The Balaban J connectivity index is 2.28. The molecule has 0 unspecified atom stereocenters. The van der Waals surface area contributed by atoms with E-state index in [9.17, 15) is 0 Å². The van der Waals surface area contributed by atoms with Crippen molar-refractivity contribution in [1.29, 1.82) is 0 Å². The monoisotopic (exact) mass is 268 g/mol. The third-order valence-electron chi connectivity index (χ3n) is 4.14. The molecule has 2 aromatic carbocycles. The van der Waals surface area contributed by atoms with Crippen LogP contribution in [0, 0.1) is 0 Å². The van der Waals surface area contributed by atoms with Crippen molar-refractivity contribution in [1.82, 2.24) is 0 Å². The van der Waals surface area contributed by atoms with E-state index in [0.29, 0.717) is 13.2 Å². The molecule has 0 saturated heterocycles. The van der Waals surface area contributed by atoms with Gasteiger partial charge in [0, 0.05) is 19.6 Å². The van der Waals surface area contributed by atoms with E-state index < -0.39 is 0 Å². The molecule has 3 rings (SSSR count). The second-order valence-electron chi connectivity index (χ2n) is 5.50. The van der Waals surface area contributed by atoms with Crippen molar-refractivity contribution >= 4 is 16.8 Å². The smallest absolute Gasteiger partial charge is 0.0584 e. The molecule has 0 heterocycles. The summed E-state index contributed by atoms with van der Waals surface area (Å²) in [7, 11) is 3.53. The predicted octanol–water partition coefficient (Wildman–Crippen LogP) is 3.79. The van der Waals surface area contributed by atoms with Gasteiger partial charge in [0.15, 0.2) is 0 Å². The average Bonchev–Trinajstić information content (AvgIpc) is 2.48. The second kappa shape index (κ2) is 5.39. The highest BCUT2D eigenvalue weighted by Gasteiger charge is 2.36. The Morgan fingerprint density at radius 2 is 1.75 bits per heavy atom. The number of fused-ring (bicyclic) bond motifs is 3. The first-order valence-electron chi connectivity index (χ1n) is 6.97. The van der Waals surface area contributed by atoms with Crippen LogP contribution in [0.15, 0.2) is 42.5 Å². The highest BCUT2D eigenvalue weighted by atomic mass is 16.5. The Morgan fingerprint density at radius 1 is 1.00 bits per heavy atom. The minimum absolute atomic E-state index is 0.0888. The summed E-state index contributed by atoms with van der Waals surface area (Å²) in [4.78, 5) is 0. The van der Waals surface area contributed by atoms with Crippen molar-refractivity contribution in [3.63, 3.8) is 0 Å². The van der Waals surface area contributed by atoms with Crippen molar-refractivity contribution < 1.29 is 9.47 Å². The second-order valence-corrected chi connectivity index (χ2v) is 5.50. The molecule has 1 aliphatic carbocycles. The maximum Gasteiger partial charge on any atom is 0.0584 e. The lowest BCUT2D eigenvalue weighted by molar-refractivity contribution is 0.0606. The molecule has 1 aliphatic rings. The standard InChI is InChI=1S/C18H20O2/c1-19-12-18(13-20-2)11-5-7-15-10-9-14-6-3-4-8-16(14)17(15)18/h3-10H,11-13H2,1-2H3. The van der Waals surface area contributed by atoms with Crippen LogP contribution in [-0.4, -0.2) is 27.4 Å². The largest absolute Gasteiger partial charge is 0.384 e. The summed E-state index contributed by atoms with van der Waals surface area (Å²) in [6.45, 7) is 1.35. The molecule has 0 radical (unpaired) electrons. The predicted molar refractivity (Wildman–Crippen MR) is 83.0 cm³/mol. The van der Waals surface area contributed by atoms with E-state index >= 15 is 0 Å². The zero-order chi connectivity index (χ0) is 14.0. The van der Waals surface area contributed by atoms with Crippen molar-refractivity contribution in [2.75, 3.05) is 27.4 Å².